The smallest absolute Gasteiger partial charge is 0.0224 e. The molecule has 1 unspecified atom stereocenters. The molecule has 1 saturated carbocycles. The van der Waals surface area contributed by atoms with Crippen molar-refractivity contribution < 1.29 is 0 Å². The fourth-order valence-corrected chi connectivity index (χ4v) is 2.81. The molecular weight excluding hydrogens is 232 g/mol. The van der Waals surface area contributed by atoms with Crippen molar-refractivity contribution >= 4 is 0 Å². The molecule has 0 aromatic heterocycles. The molecule has 0 amide bonds. The van der Waals surface area contributed by atoms with Crippen molar-refractivity contribution in [1.82, 2.24) is 4.90 Å². The number of nitrogens with two attached hydrogens (primary N) is 1. The molecular formula is C17H28N2. The van der Waals surface area contributed by atoms with Gasteiger partial charge in [0.05, 0.1) is 0 Å². The van der Waals surface area contributed by atoms with E-state index in [2.05, 4.69) is 42.2 Å². The highest BCUT2D eigenvalue weighted by atomic mass is 15.2. The molecule has 1 aromatic rings. The first kappa shape index (κ1) is 14.5. The van der Waals surface area contributed by atoms with Gasteiger partial charge in [0.1, 0.15) is 0 Å². The maximum atomic E-state index is 6.03. The van der Waals surface area contributed by atoms with Crippen molar-refractivity contribution in [1.29, 1.82) is 0 Å². The van der Waals surface area contributed by atoms with Crippen LogP contribution in [0.15, 0.2) is 30.3 Å². The molecule has 1 aliphatic carbocycles. The summed E-state index contributed by atoms with van der Waals surface area (Å²) in [6, 6.07) is 12.2. The molecule has 1 aromatic carbocycles. The maximum Gasteiger partial charge on any atom is 0.0224 e. The van der Waals surface area contributed by atoms with Crippen LogP contribution >= 0.6 is 0 Å². The molecule has 0 radical (unpaired) electrons. The second-order valence-corrected chi connectivity index (χ2v) is 5.74. The number of benzene rings is 1. The molecule has 0 saturated heterocycles. The third-order valence-electron chi connectivity index (χ3n) is 4.14. The van der Waals surface area contributed by atoms with E-state index in [1.54, 1.807) is 0 Å². The number of unbranched alkanes of at least 4 members (excludes halogenated alkanes) is 1. The SMILES string of the molecule is CCCCN(C(CN)CCc1ccccc1)C1CC1. The number of nitrogens with zero attached hydrogens (tertiary/aromatic N) is 1. The third-order valence-corrected chi connectivity index (χ3v) is 4.14. The molecule has 106 valence electrons. The van der Waals surface area contributed by atoms with Crippen LogP contribution in [0.1, 0.15) is 44.6 Å². The van der Waals surface area contributed by atoms with E-state index in [1.807, 2.05) is 0 Å². The quantitative estimate of drug-likeness (QED) is 0.738. The summed E-state index contributed by atoms with van der Waals surface area (Å²) in [5, 5.41) is 0. The second kappa shape index (κ2) is 7.66. The summed E-state index contributed by atoms with van der Waals surface area (Å²) in [5.74, 6) is 0. The third kappa shape index (κ3) is 4.63. The Morgan fingerprint density at radius 3 is 2.58 bits per heavy atom. The minimum absolute atomic E-state index is 0.569. The van der Waals surface area contributed by atoms with Gasteiger partial charge in [0.25, 0.3) is 0 Å². The van der Waals surface area contributed by atoms with Crippen molar-refractivity contribution in [2.75, 3.05) is 13.1 Å². The highest BCUT2D eigenvalue weighted by Gasteiger charge is 2.32. The van der Waals surface area contributed by atoms with E-state index in [9.17, 15) is 0 Å². The Balaban J connectivity index is 1.86. The van der Waals surface area contributed by atoms with Gasteiger partial charge < -0.3 is 5.73 Å². The molecule has 0 spiro atoms. The van der Waals surface area contributed by atoms with Crippen LogP contribution in [0.25, 0.3) is 0 Å². The van der Waals surface area contributed by atoms with Gasteiger partial charge in [-0.2, -0.15) is 0 Å². The Labute approximate surface area is 118 Å². The number of aryl methyl sites for hydroxylation is 1. The Bertz CT molecular complexity index is 346. The number of rotatable bonds is 9. The Kier molecular flexibility index (Phi) is 5.87. The lowest BCUT2D eigenvalue weighted by atomic mass is 10.0. The molecule has 19 heavy (non-hydrogen) atoms. The van der Waals surface area contributed by atoms with Crippen molar-refractivity contribution in [3.05, 3.63) is 35.9 Å². The van der Waals surface area contributed by atoms with E-state index in [0.717, 1.165) is 19.0 Å². The van der Waals surface area contributed by atoms with Crippen LogP contribution in [-0.4, -0.2) is 30.1 Å². The van der Waals surface area contributed by atoms with Gasteiger partial charge in [-0.05, 0) is 44.2 Å². The number of hydrogen-bond donors (Lipinski definition) is 1. The normalized spacial score (nSPS) is 16.8. The van der Waals surface area contributed by atoms with Gasteiger partial charge in [-0.15, -0.1) is 0 Å². The summed E-state index contributed by atoms with van der Waals surface area (Å²) in [5.41, 5.74) is 7.47. The summed E-state index contributed by atoms with van der Waals surface area (Å²) in [4.78, 5) is 2.69. The van der Waals surface area contributed by atoms with Crippen LogP contribution in [-0.2, 0) is 6.42 Å². The predicted octanol–water partition coefficient (Wildman–Crippen LogP) is 3.21. The molecule has 1 fully saturated rings. The van der Waals surface area contributed by atoms with E-state index < -0.39 is 0 Å². The van der Waals surface area contributed by atoms with E-state index in [1.165, 1.54) is 44.2 Å². The first-order valence-corrected chi connectivity index (χ1v) is 7.85. The van der Waals surface area contributed by atoms with Gasteiger partial charge in [-0.1, -0.05) is 43.7 Å². The minimum atomic E-state index is 0.569. The van der Waals surface area contributed by atoms with Crippen LogP contribution in [0, 0.1) is 0 Å². The van der Waals surface area contributed by atoms with Crippen LogP contribution in [0.2, 0.25) is 0 Å². The number of hydrogen-bond acceptors (Lipinski definition) is 2. The molecule has 2 N–H and O–H groups in total. The summed E-state index contributed by atoms with van der Waals surface area (Å²) < 4.78 is 0. The first-order valence-electron chi connectivity index (χ1n) is 7.85. The zero-order valence-corrected chi connectivity index (χ0v) is 12.2. The minimum Gasteiger partial charge on any atom is -0.329 e. The average Bonchev–Trinajstić information content (AvgIpc) is 3.28. The van der Waals surface area contributed by atoms with Gasteiger partial charge >= 0.3 is 0 Å². The van der Waals surface area contributed by atoms with Gasteiger partial charge in [0.2, 0.25) is 0 Å². The zero-order chi connectivity index (χ0) is 13.5. The van der Waals surface area contributed by atoms with Crippen LogP contribution < -0.4 is 5.73 Å². The molecule has 2 rings (SSSR count). The van der Waals surface area contributed by atoms with Gasteiger partial charge in [-0.25, -0.2) is 0 Å². The van der Waals surface area contributed by atoms with Gasteiger partial charge in [0.15, 0.2) is 0 Å². The van der Waals surface area contributed by atoms with Crippen molar-refractivity contribution in [2.45, 2.75) is 57.5 Å². The Hall–Kier alpha value is -0.860. The molecule has 2 nitrogen and oxygen atoms in total. The van der Waals surface area contributed by atoms with Crippen molar-refractivity contribution in [3.8, 4) is 0 Å². The lowest BCUT2D eigenvalue weighted by Gasteiger charge is -2.31. The second-order valence-electron chi connectivity index (χ2n) is 5.74. The Morgan fingerprint density at radius 1 is 1.26 bits per heavy atom. The topological polar surface area (TPSA) is 29.3 Å². The molecule has 1 aliphatic rings. The van der Waals surface area contributed by atoms with E-state index in [0.29, 0.717) is 6.04 Å². The molecule has 2 heteroatoms. The lowest BCUT2D eigenvalue weighted by Crippen LogP contribution is -2.43. The maximum absolute atomic E-state index is 6.03. The van der Waals surface area contributed by atoms with Gasteiger partial charge in [0, 0.05) is 18.6 Å². The van der Waals surface area contributed by atoms with Gasteiger partial charge in [-0.3, -0.25) is 4.90 Å². The van der Waals surface area contributed by atoms with E-state index in [4.69, 9.17) is 5.73 Å². The lowest BCUT2D eigenvalue weighted by molar-refractivity contribution is 0.178. The van der Waals surface area contributed by atoms with Crippen molar-refractivity contribution in [3.63, 3.8) is 0 Å². The molecule has 0 heterocycles. The van der Waals surface area contributed by atoms with E-state index >= 15 is 0 Å². The summed E-state index contributed by atoms with van der Waals surface area (Å²) in [7, 11) is 0. The fraction of sp³-hybridized carbons (Fsp3) is 0.647. The highest BCUT2D eigenvalue weighted by Crippen LogP contribution is 2.30. The van der Waals surface area contributed by atoms with Crippen LogP contribution in [0.4, 0.5) is 0 Å². The monoisotopic (exact) mass is 260 g/mol. The summed E-state index contributed by atoms with van der Waals surface area (Å²) in [6.07, 6.45) is 7.69. The van der Waals surface area contributed by atoms with Crippen LogP contribution in [0.5, 0.6) is 0 Å². The largest absolute Gasteiger partial charge is 0.329 e. The standard InChI is InChI=1S/C17H28N2/c1-2-3-13-19(16-11-12-16)17(14-18)10-9-15-7-5-4-6-8-15/h4-8,16-17H,2-3,9-14,18H2,1H3. The van der Waals surface area contributed by atoms with E-state index in [-0.39, 0.29) is 0 Å². The molecule has 0 aliphatic heterocycles. The predicted molar refractivity (Wildman–Crippen MR) is 82.2 cm³/mol. The summed E-state index contributed by atoms with van der Waals surface area (Å²) >= 11 is 0. The first-order chi connectivity index (χ1) is 9.35. The molecule has 1 atom stereocenters. The fourth-order valence-electron chi connectivity index (χ4n) is 2.81. The zero-order valence-electron chi connectivity index (χ0n) is 12.2. The molecule has 0 bridgehead atoms. The van der Waals surface area contributed by atoms with Crippen molar-refractivity contribution in [2.24, 2.45) is 5.73 Å². The summed E-state index contributed by atoms with van der Waals surface area (Å²) in [6.45, 7) is 4.30. The Morgan fingerprint density at radius 2 is 2.00 bits per heavy atom. The average molecular weight is 260 g/mol. The highest BCUT2D eigenvalue weighted by molar-refractivity contribution is 5.14. The van der Waals surface area contributed by atoms with Crippen LogP contribution in [0.3, 0.4) is 0 Å².